The third-order valence-corrected chi connectivity index (χ3v) is 17.1. The van der Waals surface area contributed by atoms with Gasteiger partial charge in [0.1, 0.15) is 53.9 Å². The van der Waals surface area contributed by atoms with Gasteiger partial charge in [-0.05, 0) is 98.1 Å². The summed E-state index contributed by atoms with van der Waals surface area (Å²) < 4.78 is 73.4. The molecule has 2 saturated carbocycles. The van der Waals surface area contributed by atoms with Gasteiger partial charge in [-0.2, -0.15) is 19.9 Å². The molecule has 2 aliphatic carbocycles. The van der Waals surface area contributed by atoms with Crippen LogP contribution in [0, 0.1) is 0 Å². The SMILES string of the molecule is C1CCOC1.O=P(COC[C@H]1O[C@@H](n2cnc3c(NC4CCCC4)nc(Cl)nc32)[C@H](O)[C@@H]1O)(Oc1ccccc1)Oc1ccccc1.O=P(O)(COC[C@H]1O[C@@H](n2cnc3c(NC4CCCC4)nc(Cl)nc32)[C@H](O)[C@@H]1O)Oc1ccccc1. The molecular weight excluding hydrogens is 1160 g/mol. The molecule has 7 aromatic rings. The summed E-state index contributed by atoms with van der Waals surface area (Å²) in [6.07, 6.45) is 3.77. The first-order valence-corrected chi connectivity index (χ1v) is 31.7. The first-order chi connectivity index (χ1) is 40.2. The molecule has 446 valence electrons. The second-order valence-electron chi connectivity index (χ2n) is 20.5. The summed E-state index contributed by atoms with van der Waals surface area (Å²) in [6.45, 7) is 1.54. The fourth-order valence-electron chi connectivity index (χ4n) is 10.2. The lowest BCUT2D eigenvalue weighted by Crippen LogP contribution is -2.34. The molecule has 5 aliphatic rings. The first kappa shape index (κ1) is 60.5. The maximum atomic E-state index is 13.7. The molecule has 9 atom stereocenters. The molecular formula is C54H66Cl2N10O15P2. The van der Waals surface area contributed by atoms with Crippen LogP contribution in [0.5, 0.6) is 17.2 Å². The van der Waals surface area contributed by atoms with Gasteiger partial charge in [-0.15, -0.1) is 0 Å². The van der Waals surface area contributed by atoms with Crippen LogP contribution in [0.3, 0.4) is 0 Å². The maximum absolute atomic E-state index is 13.7. The minimum Gasteiger partial charge on any atom is -0.423 e. The van der Waals surface area contributed by atoms with Gasteiger partial charge in [-0.25, -0.2) is 19.1 Å². The van der Waals surface area contributed by atoms with Crippen LogP contribution in [-0.4, -0.2) is 152 Å². The number of hydrogen-bond acceptors (Lipinski definition) is 22. The monoisotopic (exact) mass is 1230 g/mol. The Kier molecular flexibility index (Phi) is 20.5. The van der Waals surface area contributed by atoms with E-state index in [0.29, 0.717) is 45.5 Å². The Labute approximate surface area is 487 Å². The summed E-state index contributed by atoms with van der Waals surface area (Å²) in [7, 11) is -7.95. The molecule has 12 rings (SSSR count). The fraction of sp³-hybridized carbons (Fsp3) is 0.481. The molecule has 3 saturated heterocycles. The number of aliphatic hydroxyl groups is 4. The van der Waals surface area contributed by atoms with Crippen LogP contribution in [0.2, 0.25) is 10.6 Å². The first-order valence-electron chi connectivity index (χ1n) is 27.4. The van der Waals surface area contributed by atoms with E-state index in [4.69, 9.17) is 60.5 Å². The number of nitrogens with zero attached hydrogens (tertiary/aromatic N) is 8. The van der Waals surface area contributed by atoms with Gasteiger partial charge in [-0.1, -0.05) is 80.3 Å². The average Bonchev–Trinajstić information content (AvgIpc) is 4.53. The fourth-order valence-corrected chi connectivity index (χ4v) is 12.7. The number of anilines is 2. The third kappa shape index (κ3) is 15.6. The number of aliphatic hydroxyl groups excluding tert-OH is 4. The van der Waals surface area contributed by atoms with Crippen molar-refractivity contribution in [1.29, 1.82) is 0 Å². The lowest BCUT2D eigenvalue weighted by molar-refractivity contribution is -0.0612. The van der Waals surface area contributed by atoms with Crippen molar-refractivity contribution >= 4 is 72.4 Å². The second kappa shape index (κ2) is 28.1. The lowest BCUT2D eigenvalue weighted by Gasteiger charge is -2.21. The average molecular weight is 1230 g/mol. The number of imidazole rings is 2. The molecule has 0 amide bonds. The zero-order valence-corrected chi connectivity index (χ0v) is 48.2. The van der Waals surface area contributed by atoms with Gasteiger partial charge in [0.15, 0.2) is 59.1 Å². The van der Waals surface area contributed by atoms with E-state index in [9.17, 15) is 34.4 Å². The Morgan fingerprint density at radius 1 is 0.542 bits per heavy atom. The van der Waals surface area contributed by atoms with Crippen molar-refractivity contribution in [3.8, 4) is 17.2 Å². The van der Waals surface area contributed by atoms with Crippen LogP contribution in [-0.2, 0) is 32.8 Å². The molecule has 1 unspecified atom stereocenters. The summed E-state index contributed by atoms with van der Waals surface area (Å²) in [5.74, 6) is 1.94. The number of aromatic nitrogens is 8. The molecule has 0 radical (unpaired) electrons. The van der Waals surface area contributed by atoms with E-state index >= 15 is 0 Å². The summed E-state index contributed by atoms with van der Waals surface area (Å²) in [5.41, 5.74) is 1.64. The zero-order valence-electron chi connectivity index (χ0n) is 44.9. The molecule has 25 nitrogen and oxygen atoms in total. The van der Waals surface area contributed by atoms with Gasteiger partial charge in [0.05, 0.1) is 25.9 Å². The normalized spacial score (nSPS) is 24.5. The Morgan fingerprint density at radius 2 is 0.940 bits per heavy atom. The summed E-state index contributed by atoms with van der Waals surface area (Å²) in [6, 6.07) is 26.0. The molecule has 5 fully saturated rings. The Bertz CT molecular complexity index is 3240. The van der Waals surface area contributed by atoms with Gasteiger partial charge < -0.3 is 73.2 Å². The minimum atomic E-state index is -4.10. The number of fused-ring (bicyclic) bond motifs is 2. The lowest BCUT2D eigenvalue weighted by atomic mass is 10.1. The molecule has 4 aromatic heterocycles. The van der Waals surface area contributed by atoms with E-state index in [1.54, 1.807) is 78.9 Å². The smallest absolute Gasteiger partial charge is 0.423 e. The van der Waals surface area contributed by atoms with Crippen LogP contribution >= 0.6 is 38.4 Å². The Hall–Kier alpha value is -5.60. The topological polar surface area (TPSA) is 320 Å². The highest BCUT2D eigenvalue weighted by Crippen LogP contribution is 2.49. The van der Waals surface area contributed by atoms with Crippen LogP contribution in [0.4, 0.5) is 11.6 Å². The van der Waals surface area contributed by atoms with Gasteiger partial charge in [0.2, 0.25) is 10.6 Å². The molecule has 7 N–H and O–H groups in total. The Morgan fingerprint density at radius 3 is 1.34 bits per heavy atom. The minimum absolute atomic E-state index is 0.00906. The highest BCUT2D eigenvalue weighted by atomic mass is 35.5. The predicted molar refractivity (Wildman–Crippen MR) is 305 cm³/mol. The van der Waals surface area contributed by atoms with Gasteiger partial charge in [0, 0.05) is 25.3 Å². The summed E-state index contributed by atoms with van der Waals surface area (Å²) in [5, 5.41) is 49.7. The molecule has 3 aromatic carbocycles. The van der Waals surface area contributed by atoms with Crippen molar-refractivity contribution in [3.05, 3.63) is 114 Å². The third-order valence-electron chi connectivity index (χ3n) is 14.3. The van der Waals surface area contributed by atoms with Gasteiger partial charge in [-0.3, -0.25) is 9.13 Å². The summed E-state index contributed by atoms with van der Waals surface area (Å²) in [4.78, 5) is 36.1. The van der Waals surface area contributed by atoms with E-state index in [0.717, 1.165) is 64.6 Å². The van der Waals surface area contributed by atoms with Crippen molar-refractivity contribution in [1.82, 2.24) is 39.0 Å². The number of rotatable bonds is 20. The van der Waals surface area contributed by atoms with Gasteiger partial charge in [0.25, 0.3) is 0 Å². The highest BCUT2D eigenvalue weighted by Gasteiger charge is 2.46. The summed E-state index contributed by atoms with van der Waals surface area (Å²) >= 11 is 12.4. The number of benzene rings is 3. The van der Waals surface area contributed by atoms with Crippen LogP contribution in [0.25, 0.3) is 22.3 Å². The van der Waals surface area contributed by atoms with Crippen LogP contribution in [0.15, 0.2) is 104 Å². The Balaban J connectivity index is 0.000000172. The molecule has 7 heterocycles. The number of halogens is 2. The quantitative estimate of drug-likeness (QED) is 0.0279. The largest absolute Gasteiger partial charge is 0.456 e. The van der Waals surface area contributed by atoms with Crippen molar-refractivity contribution in [2.75, 3.05) is 49.8 Å². The van der Waals surface area contributed by atoms with Gasteiger partial charge >= 0.3 is 15.2 Å². The number of hydrogen-bond donors (Lipinski definition) is 7. The standard InChI is InChI=1S/C28H31ClN5O7P.C22H27ClN5O7P.C4H8O/c29-28-32-25(31-18-9-7-8-10-18)22-26(33-28)34(16-30-22)27-24(36)23(35)21(39-27)15-38-17-42(37,40-19-11-3-1-4-12-19)41-20-13-5-2-6-14-20;23-22-26-19(25-13-6-4-5-7-13)16-20(27-22)28(11-24-16)21-18(30)17(29)15(34-21)10-33-12-36(31,32)35-14-8-2-1-3-9-14;1-2-4-5-3-1/h1-6,11-14,16,18,21,23-24,27,35-36H,7-10,15,17H2,(H,31,32,33);1-3,8-9,11,13,15,17-18,21,29-30H,4-7,10,12H2,(H,31,32)(H,25,26,27);1-4H2/t21-,23-,24-,27-;15-,17-,18-,21-;/m11./s1. The molecule has 3 aliphatic heterocycles. The van der Waals surface area contributed by atoms with E-state index in [2.05, 4.69) is 40.5 Å². The highest BCUT2D eigenvalue weighted by molar-refractivity contribution is 7.54. The molecule has 0 spiro atoms. The molecule has 83 heavy (non-hydrogen) atoms. The number of ether oxygens (including phenoxy) is 5. The van der Waals surface area contributed by atoms with Crippen molar-refractivity contribution in [2.45, 2.75) is 125 Å². The molecule has 0 bridgehead atoms. The van der Waals surface area contributed by atoms with Crippen LogP contribution in [0.1, 0.15) is 76.7 Å². The van der Waals surface area contributed by atoms with Crippen molar-refractivity contribution in [2.24, 2.45) is 0 Å². The zero-order chi connectivity index (χ0) is 57.9. The van der Waals surface area contributed by atoms with Crippen LogP contribution < -0.4 is 24.2 Å². The van der Waals surface area contributed by atoms with E-state index < -0.39 is 77.0 Å². The number of nitrogens with one attached hydrogen (secondary N) is 2. The maximum Gasteiger partial charge on any atom is 0.456 e. The second-order valence-corrected chi connectivity index (χ2v) is 24.7. The van der Waals surface area contributed by atoms with E-state index in [1.807, 2.05) is 12.1 Å². The van der Waals surface area contributed by atoms with E-state index in [-0.39, 0.29) is 41.6 Å². The number of para-hydroxylation sites is 3. The predicted octanol–water partition coefficient (Wildman–Crippen LogP) is 8.27. The molecule has 29 heteroatoms. The van der Waals surface area contributed by atoms with E-state index in [1.165, 1.54) is 34.6 Å². The van der Waals surface area contributed by atoms with Crippen molar-refractivity contribution < 1.29 is 71.7 Å². The van der Waals surface area contributed by atoms with Crippen molar-refractivity contribution in [3.63, 3.8) is 0 Å².